The van der Waals surface area contributed by atoms with E-state index in [4.69, 9.17) is 4.74 Å². The number of nitrogens with zero attached hydrogens (tertiary/aromatic N) is 1. The van der Waals surface area contributed by atoms with Crippen molar-refractivity contribution in [3.8, 4) is 11.5 Å². The number of fused-ring (bicyclic) bond motifs is 1. The van der Waals surface area contributed by atoms with Crippen LogP contribution in [0.4, 0.5) is 0 Å². The number of hydrazone groups is 1. The first-order valence-corrected chi connectivity index (χ1v) is 10.2. The van der Waals surface area contributed by atoms with Crippen LogP contribution in [0.2, 0.25) is 0 Å². The monoisotopic (exact) mass is 504 g/mol. The molecule has 0 aromatic heterocycles. The number of nitrogens with one attached hydrogen (secondary N) is 1. The first-order valence-electron chi connectivity index (χ1n) is 8.65. The van der Waals surface area contributed by atoms with E-state index in [0.717, 1.165) is 19.7 Å². The summed E-state index contributed by atoms with van der Waals surface area (Å²) in [6.07, 6.45) is 1.16. The van der Waals surface area contributed by atoms with Crippen molar-refractivity contribution in [1.29, 1.82) is 0 Å². The molecule has 5 nitrogen and oxygen atoms in total. The van der Waals surface area contributed by atoms with Crippen LogP contribution in [0.15, 0.2) is 68.6 Å². The zero-order valence-corrected chi connectivity index (χ0v) is 18.2. The van der Waals surface area contributed by atoms with Crippen LogP contribution in [-0.4, -0.2) is 23.3 Å². The van der Waals surface area contributed by atoms with Gasteiger partial charge in [-0.05, 0) is 57.4 Å². The quantitative estimate of drug-likeness (QED) is 0.349. The molecule has 3 aromatic carbocycles. The van der Waals surface area contributed by atoms with Gasteiger partial charge in [0.15, 0.2) is 6.10 Å². The van der Waals surface area contributed by atoms with Gasteiger partial charge in [-0.2, -0.15) is 5.10 Å². The Hall–Kier alpha value is -2.38. The van der Waals surface area contributed by atoms with Gasteiger partial charge in [-0.25, -0.2) is 5.43 Å². The van der Waals surface area contributed by atoms with Crippen molar-refractivity contribution in [1.82, 2.24) is 5.43 Å². The molecule has 1 amide bonds. The fourth-order valence-corrected chi connectivity index (χ4v) is 3.61. The van der Waals surface area contributed by atoms with Gasteiger partial charge in [-0.15, -0.1) is 0 Å². The van der Waals surface area contributed by atoms with Crippen molar-refractivity contribution in [2.75, 3.05) is 0 Å². The van der Waals surface area contributed by atoms with E-state index >= 15 is 0 Å². The van der Waals surface area contributed by atoms with Crippen LogP contribution in [0.3, 0.4) is 0 Å². The maximum absolute atomic E-state index is 12.5. The van der Waals surface area contributed by atoms with Crippen molar-refractivity contribution in [2.24, 2.45) is 5.10 Å². The Balaban J connectivity index is 1.71. The maximum atomic E-state index is 12.5. The molecule has 3 aromatic rings. The van der Waals surface area contributed by atoms with Gasteiger partial charge in [-0.1, -0.05) is 53.2 Å². The Kier molecular flexibility index (Phi) is 6.70. The maximum Gasteiger partial charge on any atom is 0.281 e. The lowest BCUT2D eigenvalue weighted by Gasteiger charge is -2.17. The van der Waals surface area contributed by atoms with Gasteiger partial charge in [0.2, 0.25) is 0 Å². The SMILES string of the molecule is CC[C@@H](Oc1ccc2ccccc2c1Br)C(=O)N/N=C\c1cc(Br)ccc1O. The highest BCUT2D eigenvalue weighted by Crippen LogP contribution is 2.33. The third-order valence-corrected chi connectivity index (χ3v) is 5.44. The predicted molar refractivity (Wildman–Crippen MR) is 118 cm³/mol. The van der Waals surface area contributed by atoms with Gasteiger partial charge < -0.3 is 9.84 Å². The number of benzene rings is 3. The molecule has 0 radical (unpaired) electrons. The molecule has 3 rings (SSSR count). The molecule has 7 heteroatoms. The highest BCUT2D eigenvalue weighted by atomic mass is 79.9. The van der Waals surface area contributed by atoms with Crippen LogP contribution in [-0.2, 0) is 4.79 Å². The largest absolute Gasteiger partial charge is 0.507 e. The number of hydrogen-bond acceptors (Lipinski definition) is 4. The third-order valence-electron chi connectivity index (χ3n) is 4.13. The lowest BCUT2D eigenvalue weighted by atomic mass is 10.1. The smallest absolute Gasteiger partial charge is 0.281 e. The van der Waals surface area contributed by atoms with E-state index in [1.807, 2.05) is 43.3 Å². The van der Waals surface area contributed by atoms with Crippen molar-refractivity contribution < 1.29 is 14.6 Å². The lowest BCUT2D eigenvalue weighted by Crippen LogP contribution is -2.35. The predicted octanol–water partition coefficient (Wildman–Crippen LogP) is 5.38. The van der Waals surface area contributed by atoms with Crippen LogP contribution >= 0.6 is 31.9 Å². The van der Waals surface area contributed by atoms with E-state index in [9.17, 15) is 9.90 Å². The number of phenols is 1. The molecular weight excluding hydrogens is 488 g/mol. The van der Waals surface area contributed by atoms with Gasteiger partial charge in [0.05, 0.1) is 10.7 Å². The van der Waals surface area contributed by atoms with E-state index < -0.39 is 6.10 Å². The Morgan fingerprint density at radius 3 is 2.79 bits per heavy atom. The van der Waals surface area contributed by atoms with E-state index in [2.05, 4.69) is 42.4 Å². The highest BCUT2D eigenvalue weighted by molar-refractivity contribution is 9.11. The van der Waals surface area contributed by atoms with Crippen LogP contribution < -0.4 is 10.2 Å². The Labute approximate surface area is 179 Å². The molecule has 0 spiro atoms. The fourth-order valence-electron chi connectivity index (χ4n) is 2.65. The number of carbonyl (C=O) groups excluding carboxylic acids is 1. The molecule has 2 N–H and O–H groups in total. The molecule has 0 unspecified atom stereocenters. The van der Waals surface area contributed by atoms with E-state index in [0.29, 0.717) is 17.7 Å². The lowest BCUT2D eigenvalue weighted by molar-refractivity contribution is -0.128. The molecule has 0 aliphatic heterocycles. The first-order chi connectivity index (χ1) is 13.5. The number of rotatable bonds is 6. The molecule has 144 valence electrons. The molecular formula is C21H18Br2N2O3. The van der Waals surface area contributed by atoms with Crippen molar-refractivity contribution >= 4 is 54.8 Å². The standard InChI is InChI=1S/C21H18Br2N2O3/c1-2-18(21(27)25-24-12-14-11-15(22)8-9-17(14)26)28-19-10-7-13-5-3-4-6-16(13)20(19)23/h3-12,18,26H,2H2,1H3,(H,25,27)/b24-12-/t18-/m1/s1. The normalized spacial score (nSPS) is 12.2. The van der Waals surface area contributed by atoms with Crippen LogP contribution in [0.1, 0.15) is 18.9 Å². The molecule has 0 heterocycles. The van der Waals surface area contributed by atoms with E-state index in [1.165, 1.54) is 6.21 Å². The Bertz CT molecular complexity index is 1040. The van der Waals surface area contributed by atoms with E-state index in [1.54, 1.807) is 18.2 Å². The average molecular weight is 506 g/mol. The minimum atomic E-state index is -0.703. The fraction of sp³-hybridized carbons (Fsp3) is 0.143. The summed E-state index contributed by atoms with van der Waals surface area (Å²) < 4.78 is 7.53. The summed E-state index contributed by atoms with van der Waals surface area (Å²) in [7, 11) is 0. The molecule has 28 heavy (non-hydrogen) atoms. The average Bonchev–Trinajstić information content (AvgIpc) is 2.70. The second kappa shape index (κ2) is 9.21. The molecule has 0 aliphatic rings. The molecule has 0 fully saturated rings. The third kappa shape index (κ3) is 4.72. The van der Waals surface area contributed by atoms with Gasteiger partial charge in [0.25, 0.3) is 5.91 Å². The van der Waals surface area contributed by atoms with Crippen molar-refractivity contribution in [2.45, 2.75) is 19.4 Å². The van der Waals surface area contributed by atoms with Gasteiger partial charge in [0.1, 0.15) is 11.5 Å². The van der Waals surface area contributed by atoms with Gasteiger partial charge in [-0.3, -0.25) is 4.79 Å². The number of hydrogen-bond donors (Lipinski definition) is 2. The Morgan fingerprint density at radius 2 is 2.00 bits per heavy atom. The second-order valence-corrected chi connectivity index (χ2v) is 7.76. The summed E-state index contributed by atoms with van der Waals surface area (Å²) in [6.45, 7) is 1.86. The number of amides is 1. The first kappa shape index (κ1) is 20.4. The summed E-state index contributed by atoms with van der Waals surface area (Å²) >= 11 is 6.90. The van der Waals surface area contributed by atoms with E-state index in [-0.39, 0.29) is 11.7 Å². The number of phenolic OH excluding ortho intramolecular Hbond substituents is 1. The second-order valence-electron chi connectivity index (χ2n) is 6.05. The van der Waals surface area contributed by atoms with Crippen LogP contribution in [0.5, 0.6) is 11.5 Å². The number of aromatic hydroxyl groups is 1. The van der Waals surface area contributed by atoms with Crippen molar-refractivity contribution in [3.05, 3.63) is 69.1 Å². The Morgan fingerprint density at radius 1 is 1.21 bits per heavy atom. The molecule has 0 saturated carbocycles. The zero-order chi connectivity index (χ0) is 20.1. The highest BCUT2D eigenvalue weighted by Gasteiger charge is 2.19. The van der Waals surface area contributed by atoms with Crippen LogP contribution in [0, 0.1) is 0 Å². The summed E-state index contributed by atoms with van der Waals surface area (Å²) in [5.41, 5.74) is 2.96. The van der Waals surface area contributed by atoms with Gasteiger partial charge in [0, 0.05) is 10.0 Å². The molecule has 1 atom stereocenters. The minimum absolute atomic E-state index is 0.0737. The van der Waals surface area contributed by atoms with Gasteiger partial charge >= 0.3 is 0 Å². The molecule has 0 bridgehead atoms. The summed E-state index contributed by atoms with van der Waals surface area (Å²) in [5, 5.41) is 15.8. The summed E-state index contributed by atoms with van der Waals surface area (Å²) in [5.74, 6) is 0.298. The topological polar surface area (TPSA) is 70.9 Å². The molecule has 0 saturated heterocycles. The van der Waals surface area contributed by atoms with Crippen LogP contribution in [0.25, 0.3) is 10.8 Å². The summed E-state index contributed by atoms with van der Waals surface area (Å²) in [4.78, 5) is 12.5. The zero-order valence-electron chi connectivity index (χ0n) is 15.0. The number of halogens is 2. The number of carbonyl (C=O) groups is 1. The summed E-state index contributed by atoms with van der Waals surface area (Å²) in [6, 6.07) is 16.7. The van der Waals surface area contributed by atoms with Crippen molar-refractivity contribution in [3.63, 3.8) is 0 Å². The molecule has 0 aliphatic carbocycles. The minimum Gasteiger partial charge on any atom is -0.507 e. The number of ether oxygens (including phenoxy) is 1.